The predicted octanol–water partition coefficient (Wildman–Crippen LogP) is 3.79. The van der Waals surface area contributed by atoms with Crippen LogP contribution in [0.15, 0.2) is 30.3 Å². The minimum atomic E-state index is -0.145. The molecule has 3 nitrogen and oxygen atoms in total. The van der Waals surface area contributed by atoms with E-state index < -0.39 is 0 Å². The minimum absolute atomic E-state index is 0.0736. The number of nitrogens with zero attached hydrogens (tertiary/aromatic N) is 1. The van der Waals surface area contributed by atoms with Crippen LogP contribution in [0, 0.1) is 0 Å². The van der Waals surface area contributed by atoms with Gasteiger partial charge in [0.2, 0.25) is 0 Å². The summed E-state index contributed by atoms with van der Waals surface area (Å²) in [5.74, 6) is 0.171. The van der Waals surface area contributed by atoms with Crippen molar-refractivity contribution in [2.45, 2.75) is 56.8 Å². The van der Waals surface area contributed by atoms with E-state index in [1.165, 1.54) is 19.3 Å². The Labute approximate surface area is 137 Å². The van der Waals surface area contributed by atoms with Gasteiger partial charge >= 0.3 is 0 Å². The molecule has 0 radical (unpaired) electrons. The summed E-state index contributed by atoms with van der Waals surface area (Å²) >= 11 is 5.81. The number of rotatable bonds is 5. The van der Waals surface area contributed by atoms with Crippen LogP contribution in [0.25, 0.3) is 0 Å². The third-order valence-electron chi connectivity index (χ3n) is 4.79. The van der Waals surface area contributed by atoms with Crippen LogP contribution in [-0.2, 0) is 9.53 Å². The van der Waals surface area contributed by atoms with Crippen LogP contribution < -0.4 is 4.90 Å². The number of para-hydroxylation sites is 1. The van der Waals surface area contributed by atoms with Crippen LogP contribution in [-0.4, -0.2) is 36.5 Å². The molecule has 4 heteroatoms. The van der Waals surface area contributed by atoms with Crippen LogP contribution in [0.4, 0.5) is 5.69 Å². The van der Waals surface area contributed by atoms with Crippen LogP contribution in [0.2, 0.25) is 0 Å². The van der Waals surface area contributed by atoms with E-state index >= 15 is 0 Å². The van der Waals surface area contributed by atoms with E-state index in [1.807, 2.05) is 18.2 Å². The van der Waals surface area contributed by atoms with Crippen LogP contribution >= 0.6 is 11.6 Å². The molecule has 1 aliphatic heterocycles. The van der Waals surface area contributed by atoms with Gasteiger partial charge in [0.1, 0.15) is 0 Å². The smallest absolute Gasteiger partial charge is 0.169 e. The molecule has 120 valence electrons. The molecule has 1 saturated carbocycles. The van der Waals surface area contributed by atoms with Gasteiger partial charge in [0.25, 0.3) is 0 Å². The minimum Gasteiger partial charge on any atom is -0.373 e. The fourth-order valence-corrected chi connectivity index (χ4v) is 3.85. The van der Waals surface area contributed by atoms with Crippen molar-refractivity contribution in [3.05, 3.63) is 30.3 Å². The van der Waals surface area contributed by atoms with Crippen molar-refractivity contribution in [3.63, 3.8) is 0 Å². The highest BCUT2D eigenvalue weighted by molar-refractivity contribution is 6.28. The Bertz CT molecular complexity index is 487. The molecular formula is C18H24ClNO2. The van der Waals surface area contributed by atoms with E-state index in [9.17, 15) is 4.79 Å². The topological polar surface area (TPSA) is 29.5 Å². The Morgan fingerprint density at radius 3 is 2.55 bits per heavy atom. The number of carbonyl (C=O) groups excluding carboxylic acids is 1. The second-order valence-electron chi connectivity index (χ2n) is 6.36. The van der Waals surface area contributed by atoms with Gasteiger partial charge in [-0.1, -0.05) is 37.5 Å². The molecule has 0 aromatic heterocycles. The van der Waals surface area contributed by atoms with E-state index in [0.29, 0.717) is 6.10 Å². The molecule has 22 heavy (non-hydrogen) atoms. The molecule has 0 bridgehead atoms. The van der Waals surface area contributed by atoms with Gasteiger partial charge in [0, 0.05) is 18.7 Å². The summed E-state index contributed by atoms with van der Waals surface area (Å²) in [6.07, 6.45) is 7.46. The first-order valence-electron chi connectivity index (χ1n) is 8.33. The standard InChI is InChI=1S/C18H24ClNO2/c19-12-18(21)17-11-16(22-15-9-5-2-6-10-15)13-20(17)14-7-3-1-4-8-14/h1,3-4,7-8,15-17H,2,5-6,9-13H2/t16-,17-/m1/s1. The van der Waals surface area contributed by atoms with E-state index in [2.05, 4.69) is 17.0 Å². The zero-order valence-corrected chi connectivity index (χ0v) is 13.7. The number of ketones is 1. The summed E-state index contributed by atoms with van der Waals surface area (Å²) in [5.41, 5.74) is 1.08. The molecule has 2 fully saturated rings. The van der Waals surface area contributed by atoms with Crippen molar-refractivity contribution < 1.29 is 9.53 Å². The molecule has 1 aliphatic carbocycles. The molecular weight excluding hydrogens is 298 g/mol. The number of ether oxygens (including phenoxy) is 1. The Morgan fingerprint density at radius 1 is 1.14 bits per heavy atom. The van der Waals surface area contributed by atoms with E-state index in [0.717, 1.165) is 31.5 Å². The summed E-state index contributed by atoms with van der Waals surface area (Å²) < 4.78 is 6.29. The SMILES string of the molecule is O=C(CCl)[C@H]1C[C@@H](OC2CCCCC2)CN1c1ccccc1. The maximum absolute atomic E-state index is 12.2. The summed E-state index contributed by atoms with van der Waals surface area (Å²) in [6.45, 7) is 0.786. The number of alkyl halides is 1. The van der Waals surface area contributed by atoms with Crippen molar-refractivity contribution >= 4 is 23.1 Å². The average molecular weight is 322 g/mol. The normalized spacial score (nSPS) is 26.3. The van der Waals surface area contributed by atoms with Crippen molar-refractivity contribution in [1.82, 2.24) is 0 Å². The Hall–Kier alpha value is -1.06. The van der Waals surface area contributed by atoms with Gasteiger partial charge in [-0.3, -0.25) is 4.79 Å². The number of hydrogen-bond acceptors (Lipinski definition) is 3. The largest absolute Gasteiger partial charge is 0.373 e. The van der Waals surface area contributed by atoms with Crippen LogP contribution in [0.1, 0.15) is 38.5 Å². The third-order valence-corrected chi connectivity index (χ3v) is 5.05. The number of benzene rings is 1. The maximum Gasteiger partial charge on any atom is 0.169 e. The van der Waals surface area contributed by atoms with Crippen molar-refractivity contribution in [2.75, 3.05) is 17.3 Å². The number of hydrogen-bond donors (Lipinski definition) is 0. The average Bonchev–Trinajstić information content (AvgIpc) is 3.00. The van der Waals surface area contributed by atoms with Crippen LogP contribution in [0.3, 0.4) is 0 Å². The second-order valence-corrected chi connectivity index (χ2v) is 6.62. The van der Waals surface area contributed by atoms with E-state index in [4.69, 9.17) is 16.3 Å². The molecule has 1 saturated heterocycles. The Kier molecular flexibility index (Phi) is 5.37. The molecule has 1 aromatic rings. The molecule has 1 heterocycles. The first-order chi connectivity index (χ1) is 10.8. The summed E-state index contributed by atoms with van der Waals surface area (Å²) in [7, 11) is 0. The highest BCUT2D eigenvalue weighted by Crippen LogP contribution is 2.30. The molecule has 1 aromatic carbocycles. The monoisotopic (exact) mass is 321 g/mol. The van der Waals surface area contributed by atoms with Gasteiger partial charge in [-0.25, -0.2) is 0 Å². The van der Waals surface area contributed by atoms with Gasteiger partial charge in [-0.2, -0.15) is 0 Å². The summed E-state index contributed by atoms with van der Waals surface area (Å²) in [6, 6.07) is 9.97. The number of anilines is 1. The quantitative estimate of drug-likeness (QED) is 0.773. The van der Waals surface area contributed by atoms with Crippen molar-refractivity contribution in [2.24, 2.45) is 0 Å². The molecule has 0 spiro atoms. The second kappa shape index (κ2) is 7.47. The molecule has 0 N–H and O–H groups in total. The summed E-state index contributed by atoms with van der Waals surface area (Å²) in [4.78, 5) is 14.4. The van der Waals surface area contributed by atoms with Gasteiger partial charge < -0.3 is 9.64 Å². The number of halogens is 1. The zero-order chi connectivity index (χ0) is 15.4. The first kappa shape index (κ1) is 15.8. The fraction of sp³-hybridized carbons (Fsp3) is 0.611. The molecule has 0 amide bonds. The van der Waals surface area contributed by atoms with Gasteiger partial charge in [0.05, 0.1) is 24.1 Å². The summed E-state index contributed by atoms with van der Waals surface area (Å²) in [5, 5.41) is 0. The van der Waals surface area contributed by atoms with Crippen LogP contribution in [0.5, 0.6) is 0 Å². The first-order valence-corrected chi connectivity index (χ1v) is 8.87. The lowest BCUT2D eigenvalue weighted by atomic mass is 9.97. The van der Waals surface area contributed by atoms with E-state index in [1.54, 1.807) is 0 Å². The van der Waals surface area contributed by atoms with E-state index in [-0.39, 0.29) is 23.8 Å². The zero-order valence-electron chi connectivity index (χ0n) is 12.9. The highest BCUT2D eigenvalue weighted by atomic mass is 35.5. The highest BCUT2D eigenvalue weighted by Gasteiger charge is 2.37. The van der Waals surface area contributed by atoms with Gasteiger partial charge in [0.15, 0.2) is 5.78 Å². The van der Waals surface area contributed by atoms with Gasteiger partial charge in [-0.05, 0) is 25.0 Å². The lowest BCUT2D eigenvalue weighted by Crippen LogP contribution is -2.36. The maximum atomic E-state index is 12.2. The molecule has 2 aliphatic rings. The number of Topliss-reactive ketones (excluding diaryl/α,β-unsaturated/α-hetero) is 1. The third kappa shape index (κ3) is 3.64. The molecule has 2 atom stereocenters. The Balaban J connectivity index is 1.69. The fourth-order valence-electron chi connectivity index (χ4n) is 3.67. The lowest BCUT2D eigenvalue weighted by Gasteiger charge is -2.26. The van der Waals surface area contributed by atoms with Crippen molar-refractivity contribution in [3.8, 4) is 0 Å². The Morgan fingerprint density at radius 2 is 1.86 bits per heavy atom. The molecule has 0 unspecified atom stereocenters. The van der Waals surface area contributed by atoms with Crippen molar-refractivity contribution in [1.29, 1.82) is 0 Å². The predicted molar refractivity (Wildman–Crippen MR) is 89.7 cm³/mol. The lowest BCUT2D eigenvalue weighted by molar-refractivity contribution is -0.118. The van der Waals surface area contributed by atoms with Gasteiger partial charge in [-0.15, -0.1) is 11.6 Å². The number of carbonyl (C=O) groups is 1. The molecule has 3 rings (SSSR count).